The third-order valence-electron chi connectivity index (χ3n) is 4.65. The molecule has 0 saturated carbocycles. The summed E-state index contributed by atoms with van der Waals surface area (Å²) < 4.78 is 2.85. The van der Waals surface area contributed by atoms with Gasteiger partial charge in [0, 0.05) is 55.6 Å². The molecule has 2 heterocycles. The summed E-state index contributed by atoms with van der Waals surface area (Å²) >= 11 is 3.43. The van der Waals surface area contributed by atoms with Crippen LogP contribution in [0.25, 0.3) is 0 Å². The van der Waals surface area contributed by atoms with Crippen molar-refractivity contribution in [2.75, 3.05) is 38.5 Å². The van der Waals surface area contributed by atoms with E-state index in [1.807, 2.05) is 35.9 Å². The zero-order valence-corrected chi connectivity index (χ0v) is 16.4. The Morgan fingerprint density at radius 1 is 1.16 bits per heavy atom. The Morgan fingerprint density at radius 3 is 2.48 bits per heavy atom. The lowest BCUT2D eigenvalue weighted by molar-refractivity contribution is 0.101. The van der Waals surface area contributed by atoms with Crippen LogP contribution in [0.5, 0.6) is 0 Å². The molecule has 0 bridgehead atoms. The maximum atomic E-state index is 12.5. The summed E-state index contributed by atoms with van der Waals surface area (Å²) in [5.41, 5.74) is 2.77. The van der Waals surface area contributed by atoms with Gasteiger partial charge in [-0.1, -0.05) is 12.1 Å². The number of carbonyl (C=O) groups excluding carboxylic acids is 1. The first kappa shape index (κ1) is 18.2. The molecule has 2 aromatic rings. The summed E-state index contributed by atoms with van der Waals surface area (Å²) in [6.07, 6.45) is 1.92. The molecule has 25 heavy (non-hydrogen) atoms. The molecule has 1 aromatic carbocycles. The van der Waals surface area contributed by atoms with Crippen molar-refractivity contribution in [2.45, 2.75) is 20.0 Å². The number of hydrogen-bond donors (Lipinski definition) is 1. The second kappa shape index (κ2) is 8.17. The highest BCUT2D eigenvalue weighted by Crippen LogP contribution is 2.18. The Morgan fingerprint density at radius 2 is 1.84 bits per heavy atom. The molecule has 1 aliphatic rings. The highest BCUT2D eigenvalue weighted by molar-refractivity contribution is 9.10. The SMILES string of the molecule is CCn1cc(Br)cc1C(=O)Nc1ccc(CN2CCN(C)CC2)cc1. The number of aryl methyl sites for hydroxylation is 1. The average molecular weight is 405 g/mol. The lowest BCUT2D eigenvalue weighted by Crippen LogP contribution is -2.43. The lowest BCUT2D eigenvalue weighted by atomic mass is 10.1. The molecule has 0 atom stereocenters. The van der Waals surface area contributed by atoms with Crippen molar-refractivity contribution in [1.29, 1.82) is 0 Å². The van der Waals surface area contributed by atoms with Crippen molar-refractivity contribution in [3.8, 4) is 0 Å². The number of rotatable bonds is 5. The Labute approximate surface area is 157 Å². The summed E-state index contributed by atoms with van der Waals surface area (Å²) in [5.74, 6) is -0.0839. The molecule has 1 fully saturated rings. The van der Waals surface area contributed by atoms with Crippen LogP contribution in [0.2, 0.25) is 0 Å². The Kier molecular flexibility index (Phi) is 5.93. The van der Waals surface area contributed by atoms with Gasteiger partial charge in [0.2, 0.25) is 0 Å². The third-order valence-corrected chi connectivity index (χ3v) is 5.08. The van der Waals surface area contributed by atoms with Gasteiger partial charge in [0.1, 0.15) is 5.69 Å². The van der Waals surface area contributed by atoms with Crippen molar-refractivity contribution in [3.05, 3.63) is 52.3 Å². The average Bonchev–Trinajstić information content (AvgIpc) is 3.00. The number of nitrogens with zero attached hydrogens (tertiary/aromatic N) is 3. The largest absolute Gasteiger partial charge is 0.343 e. The van der Waals surface area contributed by atoms with E-state index in [2.05, 4.69) is 50.2 Å². The summed E-state index contributed by atoms with van der Waals surface area (Å²) in [7, 11) is 2.17. The summed E-state index contributed by atoms with van der Waals surface area (Å²) in [4.78, 5) is 17.3. The number of piperazine rings is 1. The first-order chi connectivity index (χ1) is 12.0. The van der Waals surface area contributed by atoms with Crippen LogP contribution in [0.1, 0.15) is 23.0 Å². The minimum absolute atomic E-state index is 0.0839. The topological polar surface area (TPSA) is 40.5 Å². The molecule has 0 radical (unpaired) electrons. The second-order valence-corrected chi connectivity index (χ2v) is 7.48. The molecule has 0 unspecified atom stereocenters. The maximum absolute atomic E-state index is 12.5. The Balaban J connectivity index is 1.59. The van der Waals surface area contributed by atoms with Crippen molar-refractivity contribution in [3.63, 3.8) is 0 Å². The quantitative estimate of drug-likeness (QED) is 0.830. The second-order valence-electron chi connectivity index (χ2n) is 6.56. The van der Waals surface area contributed by atoms with Crippen LogP contribution in [-0.4, -0.2) is 53.5 Å². The van der Waals surface area contributed by atoms with Crippen LogP contribution >= 0.6 is 15.9 Å². The van der Waals surface area contributed by atoms with Crippen molar-refractivity contribution < 1.29 is 4.79 Å². The van der Waals surface area contributed by atoms with Crippen LogP contribution in [-0.2, 0) is 13.1 Å². The van der Waals surface area contributed by atoms with Crippen molar-refractivity contribution in [2.24, 2.45) is 0 Å². The maximum Gasteiger partial charge on any atom is 0.272 e. The molecular weight excluding hydrogens is 380 g/mol. The number of carbonyl (C=O) groups is 1. The molecule has 3 rings (SSSR count). The van der Waals surface area contributed by atoms with Gasteiger partial charge in [-0.25, -0.2) is 0 Å². The normalized spacial score (nSPS) is 16.1. The summed E-state index contributed by atoms with van der Waals surface area (Å²) in [6, 6.07) is 10.0. The predicted octanol–water partition coefficient (Wildman–Crippen LogP) is 3.27. The van der Waals surface area contributed by atoms with Gasteiger partial charge in [-0.3, -0.25) is 9.69 Å². The fraction of sp³-hybridized carbons (Fsp3) is 0.421. The van der Waals surface area contributed by atoms with Crippen LogP contribution in [0.4, 0.5) is 5.69 Å². The number of hydrogen-bond acceptors (Lipinski definition) is 3. The van der Waals surface area contributed by atoms with Gasteiger partial charge in [0.05, 0.1) is 0 Å². The first-order valence-electron chi connectivity index (χ1n) is 8.72. The van der Waals surface area contributed by atoms with E-state index in [1.54, 1.807) is 0 Å². The molecule has 1 aromatic heterocycles. The van der Waals surface area contributed by atoms with Gasteiger partial charge in [0.25, 0.3) is 5.91 Å². The van der Waals surface area contributed by atoms with E-state index in [-0.39, 0.29) is 5.91 Å². The molecular formula is C19H25BrN4O. The predicted molar refractivity (Wildman–Crippen MR) is 105 cm³/mol. The van der Waals surface area contributed by atoms with E-state index < -0.39 is 0 Å². The smallest absolute Gasteiger partial charge is 0.272 e. The molecule has 0 aliphatic carbocycles. The van der Waals surface area contributed by atoms with Crippen LogP contribution in [0, 0.1) is 0 Å². The summed E-state index contributed by atoms with van der Waals surface area (Å²) in [6.45, 7) is 8.22. The van der Waals surface area contributed by atoms with Crippen LogP contribution < -0.4 is 5.32 Å². The molecule has 134 valence electrons. The highest BCUT2D eigenvalue weighted by atomic mass is 79.9. The van der Waals surface area contributed by atoms with E-state index in [1.165, 1.54) is 5.56 Å². The number of halogens is 1. The fourth-order valence-corrected chi connectivity index (χ4v) is 3.54. The standard InChI is InChI=1S/C19H25BrN4O/c1-3-24-14-16(20)12-18(24)19(25)21-17-6-4-15(5-7-17)13-23-10-8-22(2)9-11-23/h4-7,12,14H,3,8-11,13H2,1-2H3,(H,21,25). The van der Waals surface area contributed by atoms with E-state index in [9.17, 15) is 4.79 Å². The molecule has 5 nitrogen and oxygen atoms in total. The van der Waals surface area contributed by atoms with Gasteiger partial charge in [-0.2, -0.15) is 0 Å². The van der Waals surface area contributed by atoms with E-state index in [4.69, 9.17) is 0 Å². The third kappa shape index (κ3) is 4.71. The van der Waals surface area contributed by atoms with Crippen molar-refractivity contribution >= 4 is 27.5 Å². The van der Waals surface area contributed by atoms with Gasteiger partial charge in [0.15, 0.2) is 0 Å². The molecule has 6 heteroatoms. The monoisotopic (exact) mass is 404 g/mol. The van der Waals surface area contributed by atoms with E-state index >= 15 is 0 Å². The zero-order valence-electron chi connectivity index (χ0n) is 14.8. The molecule has 1 saturated heterocycles. The Bertz CT molecular complexity index is 718. The number of anilines is 1. The zero-order chi connectivity index (χ0) is 17.8. The molecule has 1 aliphatic heterocycles. The molecule has 0 spiro atoms. The van der Waals surface area contributed by atoms with E-state index in [0.29, 0.717) is 5.69 Å². The lowest BCUT2D eigenvalue weighted by Gasteiger charge is -2.32. The van der Waals surface area contributed by atoms with E-state index in [0.717, 1.165) is 49.4 Å². The first-order valence-corrected chi connectivity index (χ1v) is 9.51. The minimum Gasteiger partial charge on any atom is -0.343 e. The number of benzene rings is 1. The van der Waals surface area contributed by atoms with Crippen LogP contribution in [0.3, 0.4) is 0 Å². The number of aromatic nitrogens is 1. The highest BCUT2D eigenvalue weighted by Gasteiger charge is 2.15. The summed E-state index contributed by atoms with van der Waals surface area (Å²) in [5, 5.41) is 2.98. The van der Waals surface area contributed by atoms with Gasteiger partial charge >= 0.3 is 0 Å². The fourth-order valence-electron chi connectivity index (χ4n) is 3.08. The van der Waals surface area contributed by atoms with Crippen molar-refractivity contribution in [1.82, 2.24) is 14.4 Å². The minimum atomic E-state index is -0.0839. The number of likely N-dealkylation sites (N-methyl/N-ethyl adjacent to an activating group) is 1. The Hall–Kier alpha value is -1.63. The molecule has 1 amide bonds. The molecule has 1 N–H and O–H groups in total. The van der Waals surface area contributed by atoms with Gasteiger partial charge < -0.3 is 14.8 Å². The number of amides is 1. The number of nitrogens with one attached hydrogen (secondary N) is 1. The van der Waals surface area contributed by atoms with Gasteiger partial charge in [-0.05, 0) is 53.7 Å². The van der Waals surface area contributed by atoms with Gasteiger partial charge in [-0.15, -0.1) is 0 Å². The van der Waals surface area contributed by atoms with Crippen LogP contribution in [0.15, 0.2) is 41.0 Å².